The number of hydrogen-bond donors (Lipinski definition) is 1. The molecular weight excluding hydrogens is 438 g/mol. The molecule has 4 atom stereocenters. The zero-order valence-corrected chi connectivity index (χ0v) is 19.4. The molecule has 2 saturated heterocycles. The number of carbonyl (C=O) groups is 2. The number of fused-ring (bicyclic) bond motifs is 1. The van der Waals surface area contributed by atoms with E-state index in [9.17, 15) is 9.59 Å². The number of carbonyl (C=O) groups excluding carboxylic acids is 2. The van der Waals surface area contributed by atoms with Crippen LogP contribution in [0.1, 0.15) is 12.5 Å². The summed E-state index contributed by atoms with van der Waals surface area (Å²) in [5.74, 6) is -1.16. The van der Waals surface area contributed by atoms with Gasteiger partial charge in [0.05, 0.1) is 24.5 Å². The van der Waals surface area contributed by atoms with Crippen molar-refractivity contribution >= 4 is 29.1 Å². The van der Waals surface area contributed by atoms with Crippen LogP contribution >= 0.6 is 11.6 Å². The van der Waals surface area contributed by atoms with E-state index < -0.39 is 17.4 Å². The fourth-order valence-corrected chi connectivity index (χ4v) is 5.58. The monoisotopic (exact) mass is 465 g/mol. The molecule has 1 N–H and O–H groups in total. The predicted octanol–water partition coefficient (Wildman–Crippen LogP) is 3.26. The zero-order chi connectivity index (χ0) is 23.0. The molecule has 0 radical (unpaired) electrons. The molecule has 5 rings (SSSR count). The molecule has 172 valence electrons. The Morgan fingerprint density at radius 2 is 1.97 bits per heavy atom. The Morgan fingerprint density at radius 3 is 2.73 bits per heavy atom. The SMILES string of the molecule is CCN(CCNC(=O)[C@@H]1[C@H]2C=C[C@@]3(CN(Cc4ccccc4Cl)C(=O)[C@@H]13)O2)c1ccccc1. The number of benzene rings is 2. The van der Waals surface area contributed by atoms with Crippen molar-refractivity contribution in [2.45, 2.75) is 25.2 Å². The van der Waals surface area contributed by atoms with Gasteiger partial charge in [-0.3, -0.25) is 9.59 Å². The molecule has 0 aliphatic carbocycles. The summed E-state index contributed by atoms with van der Waals surface area (Å²) in [5.41, 5.74) is 1.30. The van der Waals surface area contributed by atoms with Crippen LogP contribution in [0.15, 0.2) is 66.7 Å². The number of amides is 2. The maximum atomic E-state index is 13.4. The van der Waals surface area contributed by atoms with E-state index in [1.54, 1.807) is 4.90 Å². The standard InChI is InChI=1S/C26H28ClN3O3/c1-2-29(19-9-4-3-5-10-19)15-14-28-24(31)22-21-12-13-26(33-21)17-30(25(32)23(22)26)16-18-8-6-7-11-20(18)27/h3-13,21-23H,2,14-17H2,1H3,(H,28,31)/t21-,22-,23-,26+/m1/s1. The number of nitrogens with zero attached hydrogens (tertiary/aromatic N) is 2. The van der Waals surface area contributed by atoms with E-state index in [0.717, 1.165) is 17.8 Å². The molecule has 0 aromatic heterocycles. The summed E-state index contributed by atoms with van der Waals surface area (Å²) in [7, 11) is 0. The van der Waals surface area contributed by atoms with Gasteiger partial charge in [-0.1, -0.05) is 60.2 Å². The van der Waals surface area contributed by atoms with Gasteiger partial charge in [0.2, 0.25) is 11.8 Å². The number of hydrogen-bond acceptors (Lipinski definition) is 4. The minimum Gasteiger partial charge on any atom is -0.370 e. The van der Waals surface area contributed by atoms with Crippen molar-refractivity contribution in [1.29, 1.82) is 0 Å². The van der Waals surface area contributed by atoms with Crippen molar-refractivity contribution in [3.05, 3.63) is 77.3 Å². The zero-order valence-electron chi connectivity index (χ0n) is 18.6. The topological polar surface area (TPSA) is 61.9 Å². The average molecular weight is 466 g/mol. The third-order valence-electron chi connectivity index (χ3n) is 6.98. The van der Waals surface area contributed by atoms with Crippen LogP contribution in [0.2, 0.25) is 5.02 Å². The van der Waals surface area contributed by atoms with Gasteiger partial charge in [-0.25, -0.2) is 0 Å². The lowest BCUT2D eigenvalue weighted by Gasteiger charge is -2.26. The van der Waals surface area contributed by atoms with Crippen LogP contribution in [-0.4, -0.2) is 54.6 Å². The van der Waals surface area contributed by atoms with Crippen molar-refractivity contribution in [2.75, 3.05) is 31.1 Å². The molecule has 0 unspecified atom stereocenters. The number of anilines is 1. The Labute approximate surface area is 199 Å². The van der Waals surface area contributed by atoms with Crippen molar-refractivity contribution < 1.29 is 14.3 Å². The molecular formula is C26H28ClN3O3. The fourth-order valence-electron chi connectivity index (χ4n) is 5.38. The second-order valence-corrected chi connectivity index (χ2v) is 9.30. The van der Waals surface area contributed by atoms with Gasteiger partial charge in [-0.05, 0) is 30.7 Å². The van der Waals surface area contributed by atoms with E-state index in [1.165, 1.54) is 0 Å². The molecule has 7 heteroatoms. The van der Waals surface area contributed by atoms with Crippen LogP contribution in [-0.2, 0) is 20.9 Å². The lowest BCUT2D eigenvalue weighted by Crippen LogP contribution is -2.45. The molecule has 2 aromatic carbocycles. The quantitative estimate of drug-likeness (QED) is 0.608. The minimum absolute atomic E-state index is 0.0404. The van der Waals surface area contributed by atoms with Gasteiger partial charge in [0, 0.05) is 36.9 Å². The van der Waals surface area contributed by atoms with E-state index in [-0.39, 0.29) is 17.9 Å². The average Bonchev–Trinajstić information content (AvgIpc) is 3.47. The second-order valence-electron chi connectivity index (χ2n) is 8.89. The van der Waals surface area contributed by atoms with E-state index in [1.807, 2.05) is 54.6 Å². The van der Waals surface area contributed by atoms with Crippen LogP contribution in [0.5, 0.6) is 0 Å². The van der Waals surface area contributed by atoms with E-state index >= 15 is 0 Å². The molecule has 2 fully saturated rings. The number of likely N-dealkylation sites (tertiary alicyclic amines) is 1. The third kappa shape index (κ3) is 3.91. The molecule has 2 bridgehead atoms. The first-order valence-electron chi connectivity index (χ1n) is 11.5. The Balaban J connectivity index is 1.25. The van der Waals surface area contributed by atoms with Crippen LogP contribution in [0.4, 0.5) is 5.69 Å². The highest BCUT2D eigenvalue weighted by molar-refractivity contribution is 6.31. The third-order valence-corrected chi connectivity index (χ3v) is 7.35. The molecule has 3 heterocycles. The lowest BCUT2D eigenvalue weighted by atomic mass is 9.77. The summed E-state index contributed by atoms with van der Waals surface area (Å²) in [6.45, 7) is 5.00. The largest absolute Gasteiger partial charge is 0.370 e. The van der Waals surface area contributed by atoms with Crippen LogP contribution in [0.25, 0.3) is 0 Å². The minimum atomic E-state index is -0.718. The number of halogens is 1. The molecule has 1 spiro atoms. The maximum absolute atomic E-state index is 13.4. The van der Waals surface area contributed by atoms with E-state index in [4.69, 9.17) is 16.3 Å². The van der Waals surface area contributed by atoms with Gasteiger partial charge in [0.1, 0.15) is 5.60 Å². The molecule has 6 nitrogen and oxygen atoms in total. The number of para-hydroxylation sites is 1. The normalized spacial score (nSPS) is 27.2. The Bertz CT molecular complexity index is 1080. The molecule has 2 aromatic rings. The molecule has 3 aliphatic heterocycles. The molecule has 33 heavy (non-hydrogen) atoms. The summed E-state index contributed by atoms with van der Waals surface area (Å²) in [5, 5.41) is 3.69. The van der Waals surface area contributed by atoms with Crippen molar-refractivity contribution in [1.82, 2.24) is 10.2 Å². The number of rotatable bonds is 8. The molecule has 0 saturated carbocycles. The number of likely N-dealkylation sites (N-methyl/N-ethyl adjacent to an activating group) is 1. The smallest absolute Gasteiger partial charge is 0.230 e. The van der Waals surface area contributed by atoms with Gasteiger partial charge in [-0.2, -0.15) is 0 Å². The van der Waals surface area contributed by atoms with E-state index in [2.05, 4.69) is 29.3 Å². The van der Waals surface area contributed by atoms with E-state index in [0.29, 0.717) is 31.2 Å². The van der Waals surface area contributed by atoms with Crippen molar-refractivity contribution in [3.8, 4) is 0 Å². The molecule has 3 aliphatic rings. The summed E-state index contributed by atoms with van der Waals surface area (Å²) >= 11 is 6.31. The first-order chi connectivity index (χ1) is 16.0. The Hall–Kier alpha value is -2.83. The van der Waals surface area contributed by atoms with Gasteiger partial charge in [0.25, 0.3) is 0 Å². The van der Waals surface area contributed by atoms with Crippen LogP contribution < -0.4 is 10.2 Å². The lowest BCUT2D eigenvalue weighted by molar-refractivity contribution is -0.137. The molecule has 2 amide bonds. The van der Waals surface area contributed by atoms with Crippen LogP contribution in [0.3, 0.4) is 0 Å². The highest BCUT2D eigenvalue weighted by Crippen LogP contribution is 2.52. The predicted molar refractivity (Wildman–Crippen MR) is 128 cm³/mol. The Morgan fingerprint density at radius 1 is 1.21 bits per heavy atom. The van der Waals surface area contributed by atoms with Crippen LogP contribution in [0, 0.1) is 11.8 Å². The Kier molecular flexibility index (Phi) is 5.89. The summed E-state index contributed by atoms with van der Waals surface area (Å²) in [4.78, 5) is 30.6. The van der Waals surface area contributed by atoms with Gasteiger partial charge >= 0.3 is 0 Å². The van der Waals surface area contributed by atoms with Gasteiger partial charge in [-0.15, -0.1) is 0 Å². The van der Waals surface area contributed by atoms with Crippen molar-refractivity contribution in [2.24, 2.45) is 11.8 Å². The summed E-state index contributed by atoms with van der Waals surface area (Å²) < 4.78 is 6.23. The highest BCUT2D eigenvalue weighted by atomic mass is 35.5. The van der Waals surface area contributed by atoms with Crippen molar-refractivity contribution in [3.63, 3.8) is 0 Å². The number of ether oxygens (including phenoxy) is 1. The maximum Gasteiger partial charge on any atom is 0.230 e. The first-order valence-corrected chi connectivity index (χ1v) is 11.9. The van der Waals surface area contributed by atoms with Gasteiger partial charge < -0.3 is 19.9 Å². The fraction of sp³-hybridized carbons (Fsp3) is 0.385. The first kappa shape index (κ1) is 22.0. The summed E-state index contributed by atoms with van der Waals surface area (Å²) in [6.07, 6.45) is 3.57. The number of nitrogens with one attached hydrogen (secondary N) is 1. The van der Waals surface area contributed by atoms with Gasteiger partial charge in [0.15, 0.2) is 0 Å². The highest BCUT2D eigenvalue weighted by Gasteiger charge is 2.66. The summed E-state index contributed by atoms with van der Waals surface area (Å²) in [6, 6.07) is 17.7. The second kappa shape index (κ2) is 8.84.